The average molecular weight is 410 g/mol. The van der Waals surface area contributed by atoms with Gasteiger partial charge in [0.05, 0.1) is 27.4 Å². The van der Waals surface area contributed by atoms with Crippen molar-refractivity contribution in [3.63, 3.8) is 0 Å². The van der Waals surface area contributed by atoms with Crippen LogP contribution in [0.3, 0.4) is 0 Å². The molecular formula is C21H18N2O5S. The third kappa shape index (κ3) is 3.18. The number of aryl methyl sites for hydroxylation is 1. The Balaban J connectivity index is 2.01. The lowest BCUT2D eigenvalue weighted by molar-refractivity contribution is 0.0980. The number of hydrogen-bond donors (Lipinski definition) is 5. The SMILES string of the molecule is Cc1cccc(Nc2cc(S(O)(O)O)c(N)c3c2C(=O)c2ccccc2C3=O)c1. The van der Waals surface area contributed by atoms with E-state index in [0.717, 1.165) is 5.56 Å². The van der Waals surface area contributed by atoms with Crippen LogP contribution in [-0.4, -0.2) is 25.2 Å². The maximum Gasteiger partial charge on any atom is 0.196 e. The maximum atomic E-state index is 13.2. The van der Waals surface area contributed by atoms with Crippen molar-refractivity contribution in [3.05, 3.63) is 82.4 Å². The molecule has 29 heavy (non-hydrogen) atoms. The molecule has 0 saturated carbocycles. The fourth-order valence-electron chi connectivity index (χ4n) is 3.50. The Labute approximate surface area is 168 Å². The molecule has 7 nitrogen and oxygen atoms in total. The number of benzene rings is 3. The van der Waals surface area contributed by atoms with E-state index in [4.69, 9.17) is 5.73 Å². The van der Waals surface area contributed by atoms with Crippen LogP contribution in [0.2, 0.25) is 0 Å². The van der Waals surface area contributed by atoms with Gasteiger partial charge in [0.1, 0.15) is 10.9 Å². The van der Waals surface area contributed by atoms with Crippen molar-refractivity contribution in [2.75, 3.05) is 11.1 Å². The Morgan fingerprint density at radius 3 is 2.07 bits per heavy atom. The minimum atomic E-state index is -4.24. The normalized spacial score (nSPS) is 13.7. The van der Waals surface area contributed by atoms with Crippen LogP contribution in [0.5, 0.6) is 0 Å². The first-order chi connectivity index (χ1) is 13.7. The van der Waals surface area contributed by atoms with Gasteiger partial charge in [-0.15, -0.1) is 0 Å². The molecule has 4 rings (SSSR count). The highest BCUT2D eigenvalue weighted by atomic mass is 32.3. The van der Waals surface area contributed by atoms with Gasteiger partial charge in [0.25, 0.3) is 0 Å². The molecule has 8 heteroatoms. The van der Waals surface area contributed by atoms with E-state index in [1.165, 1.54) is 12.1 Å². The number of nitrogens with two attached hydrogens (primary N) is 1. The second kappa shape index (κ2) is 6.71. The van der Waals surface area contributed by atoms with Crippen molar-refractivity contribution in [2.45, 2.75) is 11.8 Å². The molecule has 1 aliphatic rings. The number of fused-ring (bicyclic) bond motifs is 2. The number of ketones is 2. The number of hydrogen-bond acceptors (Lipinski definition) is 7. The van der Waals surface area contributed by atoms with Gasteiger partial charge in [-0.05, 0) is 30.7 Å². The van der Waals surface area contributed by atoms with Gasteiger partial charge >= 0.3 is 0 Å². The van der Waals surface area contributed by atoms with E-state index in [0.29, 0.717) is 5.69 Å². The summed E-state index contributed by atoms with van der Waals surface area (Å²) in [4.78, 5) is 25.9. The zero-order valence-electron chi connectivity index (χ0n) is 15.3. The van der Waals surface area contributed by atoms with E-state index < -0.39 is 27.3 Å². The van der Waals surface area contributed by atoms with Gasteiger partial charge in [-0.1, -0.05) is 36.4 Å². The van der Waals surface area contributed by atoms with Gasteiger partial charge < -0.3 is 24.7 Å². The quantitative estimate of drug-likeness (QED) is 0.310. The summed E-state index contributed by atoms with van der Waals surface area (Å²) < 4.78 is 29.5. The van der Waals surface area contributed by atoms with Crippen LogP contribution < -0.4 is 11.1 Å². The first-order valence-corrected chi connectivity index (χ1v) is 10.2. The summed E-state index contributed by atoms with van der Waals surface area (Å²) in [6, 6.07) is 14.8. The highest BCUT2D eigenvalue weighted by Gasteiger charge is 2.37. The number of nitrogen functional groups attached to an aromatic ring is 1. The highest BCUT2D eigenvalue weighted by molar-refractivity contribution is 8.19. The van der Waals surface area contributed by atoms with Gasteiger partial charge in [-0.2, -0.15) is 0 Å². The van der Waals surface area contributed by atoms with Crippen molar-refractivity contribution in [3.8, 4) is 0 Å². The van der Waals surface area contributed by atoms with Crippen LogP contribution in [0.15, 0.2) is 59.5 Å². The van der Waals surface area contributed by atoms with Gasteiger partial charge in [0.15, 0.2) is 11.6 Å². The summed E-state index contributed by atoms with van der Waals surface area (Å²) in [5, 5.41) is 3.05. The van der Waals surface area contributed by atoms with Crippen LogP contribution in [0.4, 0.5) is 17.1 Å². The fourth-order valence-corrected chi connectivity index (χ4v) is 4.17. The largest absolute Gasteiger partial charge is 0.397 e. The lowest BCUT2D eigenvalue weighted by atomic mass is 9.82. The number of carbonyl (C=O) groups is 2. The molecule has 3 aromatic rings. The highest BCUT2D eigenvalue weighted by Crippen LogP contribution is 2.51. The number of carbonyl (C=O) groups excluding carboxylic acids is 2. The zero-order chi connectivity index (χ0) is 20.9. The van der Waals surface area contributed by atoms with Crippen LogP contribution >= 0.6 is 10.9 Å². The van der Waals surface area contributed by atoms with Gasteiger partial charge in [-0.3, -0.25) is 9.59 Å². The number of rotatable bonds is 3. The first-order valence-electron chi connectivity index (χ1n) is 8.67. The Hall–Kier alpha value is -3.17. The summed E-state index contributed by atoms with van der Waals surface area (Å²) >= 11 is 0. The first kappa shape index (κ1) is 19.2. The van der Waals surface area contributed by atoms with Crippen LogP contribution in [0, 0.1) is 6.92 Å². The maximum absolute atomic E-state index is 13.2. The molecule has 6 N–H and O–H groups in total. The molecule has 0 spiro atoms. The van der Waals surface area contributed by atoms with E-state index >= 15 is 0 Å². The molecule has 0 saturated heterocycles. The number of nitrogens with one attached hydrogen (secondary N) is 1. The van der Waals surface area contributed by atoms with Crippen molar-refractivity contribution >= 4 is 39.5 Å². The molecule has 0 radical (unpaired) electrons. The molecule has 0 atom stereocenters. The number of anilines is 3. The third-order valence-corrected chi connectivity index (χ3v) is 5.72. The van der Waals surface area contributed by atoms with Gasteiger partial charge in [-0.25, -0.2) is 0 Å². The molecule has 0 aromatic heterocycles. The molecule has 0 aliphatic heterocycles. The average Bonchev–Trinajstić information content (AvgIpc) is 2.66. The second-order valence-electron chi connectivity index (χ2n) is 6.80. The van der Waals surface area contributed by atoms with Crippen molar-refractivity contribution in [1.29, 1.82) is 0 Å². The topological polar surface area (TPSA) is 133 Å². The van der Waals surface area contributed by atoms with Crippen molar-refractivity contribution in [2.24, 2.45) is 0 Å². The fraction of sp³-hybridized carbons (Fsp3) is 0.0476. The summed E-state index contributed by atoms with van der Waals surface area (Å²) in [6.45, 7) is 1.89. The smallest absolute Gasteiger partial charge is 0.196 e. The molecular weight excluding hydrogens is 392 g/mol. The molecule has 0 unspecified atom stereocenters. The van der Waals surface area contributed by atoms with Crippen LogP contribution in [0.1, 0.15) is 37.4 Å². The van der Waals surface area contributed by atoms with E-state index in [-0.39, 0.29) is 33.6 Å². The minimum Gasteiger partial charge on any atom is -0.397 e. The second-order valence-corrected chi connectivity index (χ2v) is 8.28. The molecule has 0 bridgehead atoms. The summed E-state index contributed by atoms with van der Waals surface area (Å²) in [6.07, 6.45) is 0. The Bertz CT molecular complexity index is 1180. The Morgan fingerprint density at radius 1 is 0.862 bits per heavy atom. The third-order valence-electron chi connectivity index (χ3n) is 4.79. The predicted molar refractivity (Wildman–Crippen MR) is 112 cm³/mol. The summed E-state index contributed by atoms with van der Waals surface area (Å²) in [5.41, 5.74) is 7.70. The summed E-state index contributed by atoms with van der Waals surface area (Å²) in [5.74, 6) is -0.941. The Morgan fingerprint density at radius 2 is 1.48 bits per heavy atom. The van der Waals surface area contributed by atoms with Gasteiger partial charge in [0.2, 0.25) is 0 Å². The lowest BCUT2D eigenvalue weighted by Crippen LogP contribution is -2.24. The molecule has 0 fully saturated rings. The minimum absolute atomic E-state index is 0.0279. The van der Waals surface area contributed by atoms with Crippen molar-refractivity contribution in [1.82, 2.24) is 0 Å². The Kier molecular flexibility index (Phi) is 4.44. The molecule has 1 aliphatic carbocycles. The van der Waals surface area contributed by atoms with Crippen LogP contribution in [0.25, 0.3) is 0 Å². The van der Waals surface area contributed by atoms with Crippen molar-refractivity contribution < 1.29 is 23.2 Å². The van der Waals surface area contributed by atoms with Crippen LogP contribution in [-0.2, 0) is 0 Å². The molecule has 0 amide bonds. The van der Waals surface area contributed by atoms with E-state index in [1.54, 1.807) is 24.3 Å². The standard InChI is InChI=1S/C21H18N2O5S/c1-11-5-4-6-12(9-11)23-15-10-16(29(26,27)28)19(22)18-17(15)20(24)13-7-2-3-8-14(13)21(18)25/h2-10,23,26-28H,22H2,1H3. The van der Waals surface area contributed by atoms with Gasteiger partial charge in [0, 0.05) is 16.8 Å². The molecule has 0 heterocycles. The lowest BCUT2D eigenvalue weighted by Gasteiger charge is -2.28. The zero-order valence-corrected chi connectivity index (χ0v) is 16.2. The monoisotopic (exact) mass is 410 g/mol. The molecule has 148 valence electrons. The molecule has 3 aromatic carbocycles. The van der Waals surface area contributed by atoms with E-state index in [9.17, 15) is 23.2 Å². The van der Waals surface area contributed by atoms with E-state index in [1.807, 2.05) is 25.1 Å². The predicted octanol–water partition coefficient (Wildman–Crippen LogP) is 4.68. The van der Waals surface area contributed by atoms with E-state index in [2.05, 4.69) is 5.32 Å². The summed E-state index contributed by atoms with van der Waals surface area (Å²) in [7, 11) is -4.24.